The minimum Gasteiger partial charge on any atom is -0.331 e. The van der Waals surface area contributed by atoms with Crippen LogP contribution >= 0.6 is 0 Å². The van der Waals surface area contributed by atoms with Crippen molar-refractivity contribution in [3.8, 4) is 0 Å². The lowest BCUT2D eigenvalue weighted by atomic mass is 9.86. The number of aryl methyl sites for hydroxylation is 2. The van der Waals surface area contributed by atoms with Gasteiger partial charge in [0.1, 0.15) is 0 Å². The van der Waals surface area contributed by atoms with Crippen molar-refractivity contribution in [3.63, 3.8) is 0 Å². The summed E-state index contributed by atoms with van der Waals surface area (Å²) in [6.45, 7) is 8.61. The number of hydrogen-bond donors (Lipinski definition) is 2. The minimum absolute atomic E-state index is 0.0385. The molecule has 3 rings (SSSR count). The first-order valence-electron chi connectivity index (χ1n) is 9.13. The molecule has 1 aliphatic carbocycles. The van der Waals surface area contributed by atoms with Crippen LogP contribution in [0.2, 0.25) is 0 Å². The van der Waals surface area contributed by atoms with Gasteiger partial charge in [0.25, 0.3) is 0 Å². The van der Waals surface area contributed by atoms with E-state index in [0.29, 0.717) is 0 Å². The number of nitrogens with one attached hydrogen (secondary N) is 2. The second-order valence-corrected chi connectivity index (χ2v) is 8.03. The maximum atomic E-state index is 12.3. The Bertz CT molecular complexity index is 757. The Hall–Kier alpha value is -2.29. The fraction of sp³-hybridized carbons (Fsp3) is 0.409. The Kier molecular flexibility index (Phi) is 4.85. The van der Waals surface area contributed by atoms with Crippen LogP contribution in [0.1, 0.15) is 62.4 Å². The smallest absolute Gasteiger partial charge is 0.319 e. The number of fused-ring (bicyclic) bond motifs is 1. The Morgan fingerprint density at radius 2 is 1.68 bits per heavy atom. The number of benzene rings is 2. The normalized spacial score (nSPS) is 14.7. The van der Waals surface area contributed by atoms with Crippen LogP contribution in [0.3, 0.4) is 0 Å². The summed E-state index contributed by atoms with van der Waals surface area (Å²) in [6.07, 6.45) is 3.49. The van der Waals surface area contributed by atoms with Crippen molar-refractivity contribution >= 4 is 11.7 Å². The van der Waals surface area contributed by atoms with Gasteiger partial charge in [-0.25, -0.2) is 4.79 Å². The molecular formula is C22H28N2O. The van der Waals surface area contributed by atoms with Crippen LogP contribution in [0.25, 0.3) is 0 Å². The summed E-state index contributed by atoms with van der Waals surface area (Å²) in [5.74, 6) is 0. The van der Waals surface area contributed by atoms with Crippen molar-refractivity contribution in [3.05, 3.63) is 64.7 Å². The molecule has 1 atom stereocenters. The quantitative estimate of drug-likeness (QED) is 0.779. The van der Waals surface area contributed by atoms with E-state index in [1.54, 1.807) is 0 Å². The lowest BCUT2D eigenvalue weighted by Gasteiger charge is -2.21. The predicted molar refractivity (Wildman–Crippen MR) is 104 cm³/mol. The molecule has 0 aliphatic heterocycles. The van der Waals surface area contributed by atoms with E-state index < -0.39 is 0 Å². The molecule has 1 aliphatic rings. The number of anilines is 1. The molecule has 132 valence electrons. The van der Waals surface area contributed by atoms with Gasteiger partial charge in [0.05, 0.1) is 6.04 Å². The van der Waals surface area contributed by atoms with E-state index in [1.807, 2.05) is 13.0 Å². The van der Waals surface area contributed by atoms with E-state index in [2.05, 4.69) is 67.8 Å². The number of amides is 2. The summed E-state index contributed by atoms with van der Waals surface area (Å²) >= 11 is 0. The first-order valence-corrected chi connectivity index (χ1v) is 9.13. The number of hydrogen-bond acceptors (Lipinski definition) is 1. The van der Waals surface area contributed by atoms with Crippen molar-refractivity contribution in [2.75, 3.05) is 5.32 Å². The number of rotatable bonds is 3. The lowest BCUT2D eigenvalue weighted by molar-refractivity contribution is 0.249. The van der Waals surface area contributed by atoms with Crippen LogP contribution in [0, 0.1) is 0 Å². The maximum Gasteiger partial charge on any atom is 0.319 e. The molecule has 0 spiro atoms. The molecule has 3 nitrogen and oxygen atoms in total. The molecule has 0 aromatic heterocycles. The number of urea groups is 1. The van der Waals surface area contributed by atoms with Crippen molar-refractivity contribution in [2.45, 2.75) is 58.4 Å². The molecule has 0 radical (unpaired) electrons. The fourth-order valence-electron chi connectivity index (χ4n) is 3.37. The van der Waals surface area contributed by atoms with Gasteiger partial charge < -0.3 is 10.6 Å². The zero-order chi connectivity index (χ0) is 18.0. The molecule has 0 fully saturated rings. The molecule has 2 aromatic carbocycles. The van der Waals surface area contributed by atoms with Gasteiger partial charge in [-0.1, -0.05) is 51.1 Å². The van der Waals surface area contributed by atoms with E-state index in [9.17, 15) is 4.79 Å². The van der Waals surface area contributed by atoms with Crippen LogP contribution in [-0.2, 0) is 18.3 Å². The van der Waals surface area contributed by atoms with Crippen molar-refractivity contribution in [1.82, 2.24) is 5.32 Å². The summed E-state index contributed by atoms with van der Waals surface area (Å²) in [7, 11) is 0. The first kappa shape index (κ1) is 17.5. The highest BCUT2D eigenvalue weighted by atomic mass is 16.2. The Morgan fingerprint density at radius 3 is 2.36 bits per heavy atom. The van der Waals surface area contributed by atoms with E-state index >= 15 is 0 Å². The summed E-state index contributed by atoms with van der Waals surface area (Å²) in [5, 5.41) is 5.98. The van der Waals surface area contributed by atoms with Gasteiger partial charge in [0.2, 0.25) is 0 Å². The lowest BCUT2D eigenvalue weighted by Crippen LogP contribution is -2.31. The summed E-state index contributed by atoms with van der Waals surface area (Å²) < 4.78 is 0. The molecule has 0 unspecified atom stereocenters. The van der Waals surface area contributed by atoms with Gasteiger partial charge in [0.15, 0.2) is 0 Å². The fourth-order valence-corrected chi connectivity index (χ4v) is 3.37. The summed E-state index contributed by atoms with van der Waals surface area (Å²) in [4.78, 5) is 12.3. The van der Waals surface area contributed by atoms with Gasteiger partial charge in [-0.05, 0) is 66.0 Å². The van der Waals surface area contributed by atoms with E-state index in [1.165, 1.54) is 23.1 Å². The Balaban J connectivity index is 1.60. The average Bonchev–Trinajstić information content (AvgIpc) is 3.01. The Morgan fingerprint density at radius 1 is 1.00 bits per heavy atom. The highest BCUT2D eigenvalue weighted by Crippen LogP contribution is 2.26. The average molecular weight is 336 g/mol. The molecule has 0 saturated carbocycles. The zero-order valence-electron chi connectivity index (χ0n) is 15.6. The van der Waals surface area contributed by atoms with Crippen LogP contribution in [0.15, 0.2) is 42.5 Å². The molecule has 2 aromatic rings. The molecule has 0 heterocycles. The van der Waals surface area contributed by atoms with E-state index in [4.69, 9.17) is 0 Å². The van der Waals surface area contributed by atoms with Crippen LogP contribution in [-0.4, -0.2) is 6.03 Å². The topological polar surface area (TPSA) is 41.1 Å². The van der Waals surface area contributed by atoms with Gasteiger partial charge in [0, 0.05) is 5.69 Å². The largest absolute Gasteiger partial charge is 0.331 e. The van der Waals surface area contributed by atoms with Crippen molar-refractivity contribution in [1.29, 1.82) is 0 Å². The SMILES string of the molecule is C[C@H](NC(=O)Nc1ccc2c(c1)CCC2)c1ccc(C(C)(C)C)cc1. The van der Waals surface area contributed by atoms with Crippen molar-refractivity contribution in [2.24, 2.45) is 0 Å². The highest BCUT2D eigenvalue weighted by molar-refractivity contribution is 5.89. The Labute approximate surface area is 150 Å². The second kappa shape index (κ2) is 6.91. The zero-order valence-corrected chi connectivity index (χ0v) is 15.6. The number of carbonyl (C=O) groups excluding carboxylic acids is 1. The second-order valence-electron chi connectivity index (χ2n) is 8.03. The van der Waals surface area contributed by atoms with Gasteiger partial charge in [-0.2, -0.15) is 0 Å². The number of carbonyl (C=O) groups is 1. The van der Waals surface area contributed by atoms with Crippen molar-refractivity contribution < 1.29 is 4.79 Å². The third kappa shape index (κ3) is 4.22. The third-order valence-corrected chi connectivity index (χ3v) is 4.98. The molecular weight excluding hydrogens is 308 g/mol. The van der Waals surface area contributed by atoms with Crippen LogP contribution in [0.4, 0.5) is 10.5 Å². The predicted octanol–water partition coefficient (Wildman–Crippen LogP) is 5.36. The molecule has 0 bridgehead atoms. The molecule has 2 N–H and O–H groups in total. The minimum atomic E-state index is -0.162. The summed E-state index contributed by atoms with van der Waals surface area (Å²) in [6, 6.07) is 14.5. The van der Waals surface area contributed by atoms with Gasteiger partial charge >= 0.3 is 6.03 Å². The summed E-state index contributed by atoms with van der Waals surface area (Å²) in [5.41, 5.74) is 6.19. The van der Waals surface area contributed by atoms with Gasteiger partial charge in [-0.3, -0.25) is 0 Å². The molecule has 25 heavy (non-hydrogen) atoms. The molecule has 2 amide bonds. The first-order chi connectivity index (χ1) is 11.8. The van der Waals surface area contributed by atoms with E-state index in [0.717, 1.165) is 24.1 Å². The van der Waals surface area contributed by atoms with Crippen LogP contribution in [0.5, 0.6) is 0 Å². The maximum absolute atomic E-state index is 12.3. The van der Waals surface area contributed by atoms with Crippen LogP contribution < -0.4 is 10.6 Å². The standard InChI is InChI=1S/C22H28N2O/c1-15(16-8-11-19(12-9-16)22(2,3)4)23-21(25)24-20-13-10-17-6-5-7-18(17)14-20/h8-15H,5-7H2,1-4H3,(H2,23,24,25)/t15-/m0/s1. The molecule has 0 saturated heterocycles. The third-order valence-electron chi connectivity index (χ3n) is 4.98. The monoisotopic (exact) mass is 336 g/mol. The van der Waals surface area contributed by atoms with E-state index in [-0.39, 0.29) is 17.5 Å². The molecule has 3 heteroatoms. The highest BCUT2D eigenvalue weighted by Gasteiger charge is 2.16. The van der Waals surface area contributed by atoms with Gasteiger partial charge in [-0.15, -0.1) is 0 Å².